The Kier molecular flexibility index (Phi) is 4.26. The highest BCUT2D eigenvalue weighted by atomic mass is 16.5. The summed E-state index contributed by atoms with van der Waals surface area (Å²) in [5.74, 6) is 1.93. The van der Waals surface area contributed by atoms with E-state index in [1.807, 2.05) is 0 Å². The second-order valence-electron chi connectivity index (χ2n) is 4.85. The van der Waals surface area contributed by atoms with Crippen molar-refractivity contribution >= 4 is 0 Å². The van der Waals surface area contributed by atoms with Gasteiger partial charge in [-0.15, -0.1) is 0 Å². The lowest BCUT2D eigenvalue weighted by molar-refractivity contribution is 0.0661. The van der Waals surface area contributed by atoms with E-state index in [4.69, 9.17) is 4.74 Å². The Morgan fingerprint density at radius 3 is 2.43 bits per heavy atom. The molecule has 2 nitrogen and oxygen atoms in total. The zero-order chi connectivity index (χ0) is 9.64. The van der Waals surface area contributed by atoms with Gasteiger partial charge in [-0.05, 0) is 44.2 Å². The minimum atomic E-state index is 0.880. The minimum absolute atomic E-state index is 0.880. The molecule has 2 aliphatic rings. The van der Waals surface area contributed by atoms with Crippen molar-refractivity contribution in [3.05, 3.63) is 0 Å². The van der Waals surface area contributed by atoms with E-state index in [9.17, 15) is 0 Å². The summed E-state index contributed by atoms with van der Waals surface area (Å²) in [5.41, 5.74) is 0. The Morgan fingerprint density at radius 2 is 1.79 bits per heavy atom. The van der Waals surface area contributed by atoms with Crippen molar-refractivity contribution in [2.75, 3.05) is 26.3 Å². The van der Waals surface area contributed by atoms with Gasteiger partial charge in [-0.1, -0.05) is 19.3 Å². The van der Waals surface area contributed by atoms with E-state index in [1.54, 1.807) is 0 Å². The number of ether oxygens (including phenoxy) is 1. The van der Waals surface area contributed by atoms with Gasteiger partial charge in [0.25, 0.3) is 0 Å². The van der Waals surface area contributed by atoms with Gasteiger partial charge in [-0.25, -0.2) is 0 Å². The number of rotatable bonds is 5. The highest BCUT2D eigenvalue weighted by Crippen LogP contribution is 2.28. The molecule has 82 valence electrons. The van der Waals surface area contributed by atoms with Gasteiger partial charge in [0.05, 0.1) is 0 Å². The molecule has 1 aliphatic heterocycles. The molecule has 14 heavy (non-hydrogen) atoms. The van der Waals surface area contributed by atoms with Crippen LogP contribution >= 0.6 is 0 Å². The van der Waals surface area contributed by atoms with Crippen molar-refractivity contribution in [2.45, 2.75) is 38.5 Å². The van der Waals surface area contributed by atoms with Gasteiger partial charge in [0.2, 0.25) is 0 Å². The molecular formula is C12H23NO. The molecular weight excluding hydrogens is 174 g/mol. The SMILES string of the molecule is C1CC(CCNCC2CCOCC2)C1. The molecule has 1 N–H and O–H groups in total. The molecule has 0 amide bonds. The van der Waals surface area contributed by atoms with Crippen LogP contribution in [-0.4, -0.2) is 26.3 Å². The summed E-state index contributed by atoms with van der Waals surface area (Å²) in [6, 6.07) is 0. The van der Waals surface area contributed by atoms with Crippen LogP contribution in [0.1, 0.15) is 38.5 Å². The van der Waals surface area contributed by atoms with Crippen LogP contribution in [-0.2, 0) is 4.74 Å². The van der Waals surface area contributed by atoms with E-state index in [0.717, 1.165) is 25.0 Å². The number of hydrogen-bond donors (Lipinski definition) is 1. The smallest absolute Gasteiger partial charge is 0.0469 e. The quantitative estimate of drug-likeness (QED) is 0.682. The zero-order valence-corrected chi connectivity index (χ0v) is 9.13. The first-order chi connectivity index (χ1) is 6.95. The molecule has 0 radical (unpaired) electrons. The maximum Gasteiger partial charge on any atom is 0.0469 e. The van der Waals surface area contributed by atoms with Crippen molar-refractivity contribution in [2.24, 2.45) is 11.8 Å². The fourth-order valence-corrected chi connectivity index (χ4v) is 2.34. The molecule has 0 spiro atoms. The van der Waals surface area contributed by atoms with Crippen LogP contribution in [0.3, 0.4) is 0 Å². The van der Waals surface area contributed by atoms with E-state index < -0.39 is 0 Å². The third-order valence-electron chi connectivity index (χ3n) is 3.73. The standard InChI is InChI=1S/C12H23NO/c1-2-11(3-1)4-7-13-10-12-5-8-14-9-6-12/h11-13H,1-10H2. The van der Waals surface area contributed by atoms with Crippen molar-refractivity contribution in [1.82, 2.24) is 5.32 Å². The number of hydrogen-bond acceptors (Lipinski definition) is 2. The third-order valence-corrected chi connectivity index (χ3v) is 3.73. The van der Waals surface area contributed by atoms with Gasteiger partial charge < -0.3 is 10.1 Å². The zero-order valence-electron chi connectivity index (χ0n) is 9.13. The van der Waals surface area contributed by atoms with Crippen molar-refractivity contribution in [3.8, 4) is 0 Å². The molecule has 1 saturated heterocycles. The fraction of sp³-hybridized carbons (Fsp3) is 1.00. The summed E-state index contributed by atoms with van der Waals surface area (Å²) >= 11 is 0. The summed E-state index contributed by atoms with van der Waals surface area (Å²) in [6.07, 6.45) is 8.37. The number of nitrogens with one attached hydrogen (secondary N) is 1. The van der Waals surface area contributed by atoms with Gasteiger partial charge >= 0.3 is 0 Å². The van der Waals surface area contributed by atoms with E-state index in [1.165, 1.54) is 51.6 Å². The molecule has 1 heterocycles. The molecule has 2 fully saturated rings. The van der Waals surface area contributed by atoms with Gasteiger partial charge in [-0.2, -0.15) is 0 Å². The molecule has 0 bridgehead atoms. The van der Waals surface area contributed by atoms with Crippen LogP contribution in [0.4, 0.5) is 0 Å². The lowest BCUT2D eigenvalue weighted by Gasteiger charge is -2.26. The predicted octanol–water partition coefficient (Wildman–Crippen LogP) is 2.19. The van der Waals surface area contributed by atoms with E-state index in [0.29, 0.717) is 0 Å². The van der Waals surface area contributed by atoms with E-state index in [-0.39, 0.29) is 0 Å². The Hall–Kier alpha value is -0.0800. The van der Waals surface area contributed by atoms with Crippen molar-refractivity contribution in [1.29, 1.82) is 0 Å². The van der Waals surface area contributed by atoms with Crippen LogP contribution in [0.25, 0.3) is 0 Å². The van der Waals surface area contributed by atoms with Gasteiger partial charge in [0.15, 0.2) is 0 Å². The van der Waals surface area contributed by atoms with Crippen LogP contribution in [0.2, 0.25) is 0 Å². The fourth-order valence-electron chi connectivity index (χ4n) is 2.34. The second-order valence-corrected chi connectivity index (χ2v) is 4.85. The van der Waals surface area contributed by atoms with Crippen LogP contribution in [0.5, 0.6) is 0 Å². The normalized spacial score (nSPS) is 24.9. The second kappa shape index (κ2) is 5.72. The Morgan fingerprint density at radius 1 is 1.00 bits per heavy atom. The molecule has 0 aromatic carbocycles. The molecule has 0 atom stereocenters. The molecule has 0 unspecified atom stereocenters. The minimum Gasteiger partial charge on any atom is -0.381 e. The van der Waals surface area contributed by atoms with Crippen molar-refractivity contribution in [3.63, 3.8) is 0 Å². The lowest BCUT2D eigenvalue weighted by atomic mass is 9.83. The van der Waals surface area contributed by atoms with Crippen LogP contribution in [0.15, 0.2) is 0 Å². The summed E-state index contributed by atoms with van der Waals surface area (Å²) in [5, 5.41) is 3.60. The highest BCUT2D eigenvalue weighted by molar-refractivity contribution is 4.71. The lowest BCUT2D eigenvalue weighted by Crippen LogP contribution is -2.29. The third kappa shape index (κ3) is 3.25. The summed E-state index contributed by atoms with van der Waals surface area (Å²) < 4.78 is 5.34. The van der Waals surface area contributed by atoms with Gasteiger partial charge in [0, 0.05) is 13.2 Å². The van der Waals surface area contributed by atoms with Gasteiger partial charge in [-0.3, -0.25) is 0 Å². The molecule has 0 aromatic heterocycles. The van der Waals surface area contributed by atoms with Crippen LogP contribution in [0, 0.1) is 11.8 Å². The Labute approximate surface area is 87.4 Å². The molecule has 0 aromatic rings. The van der Waals surface area contributed by atoms with Crippen LogP contribution < -0.4 is 5.32 Å². The van der Waals surface area contributed by atoms with E-state index in [2.05, 4.69) is 5.32 Å². The molecule has 2 heteroatoms. The average Bonchev–Trinajstić information content (AvgIpc) is 2.16. The topological polar surface area (TPSA) is 21.3 Å². The Balaban J connectivity index is 1.45. The maximum atomic E-state index is 5.34. The maximum absolute atomic E-state index is 5.34. The molecule has 1 saturated carbocycles. The molecule has 2 rings (SSSR count). The first-order valence-corrected chi connectivity index (χ1v) is 6.23. The van der Waals surface area contributed by atoms with E-state index >= 15 is 0 Å². The van der Waals surface area contributed by atoms with Crippen molar-refractivity contribution < 1.29 is 4.74 Å². The first-order valence-electron chi connectivity index (χ1n) is 6.23. The summed E-state index contributed by atoms with van der Waals surface area (Å²) in [4.78, 5) is 0. The average molecular weight is 197 g/mol. The first kappa shape index (κ1) is 10.4. The molecule has 1 aliphatic carbocycles. The highest BCUT2D eigenvalue weighted by Gasteiger charge is 2.17. The largest absolute Gasteiger partial charge is 0.381 e. The Bertz CT molecular complexity index is 150. The summed E-state index contributed by atoms with van der Waals surface area (Å²) in [6.45, 7) is 4.42. The monoisotopic (exact) mass is 197 g/mol. The van der Waals surface area contributed by atoms with Gasteiger partial charge in [0.1, 0.15) is 0 Å². The summed E-state index contributed by atoms with van der Waals surface area (Å²) in [7, 11) is 0. The predicted molar refractivity (Wildman–Crippen MR) is 58.4 cm³/mol.